The minimum atomic E-state index is -3.52. The maximum atomic E-state index is 14.3. The molecule has 1 fully saturated rings. The zero-order valence-electron chi connectivity index (χ0n) is 17.4. The van der Waals surface area contributed by atoms with Crippen LogP contribution in [0.2, 0.25) is 0 Å². The molecule has 0 aromatic heterocycles. The van der Waals surface area contributed by atoms with E-state index in [0.717, 1.165) is 10.8 Å². The number of hydrogen-bond acceptors (Lipinski definition) is 5. The molecule has 0 amide bonds. The number of nitrogens with zero attached hydrogens (tertiary/aromatic N) is 2. The molecule has 1 aliphatic carbocycles. The lowest BCUT2D eigenvalue weighted by Crippen LogP contribution is -2.17. The van der Waals surface area contributed by atoms with Crippen LogP contribution in [0.1, 0.15) is 18.5 Å². The van der Waals surface area contributed by atoms with Gasteiger partial charge in [-0.05, 0) is 67.8 Å². The molecule has 0 saturated heterocycles. The number of aromatic nitrogens is 2. The minimum absolute atomic E-state index is 0.189. The molecule has 2 N–H and O–H groups in total. The molecular weight excluding hydrogens is 452 g/mol. The molecule has 33 heavy (non-hydrogen) atoms. The number of benzene rings is 2. The van der Waals surface area contributed by atoms with Crippen molar-refractivity contribution in [1.82, 2.24) is 9.71 Å². The Morgan fingerprint density at radius 3 is 2.52 bits per heavy atom. The highest BCUT2D eigenvalue weighted by Crippen LogP contribution is 2.42. The van der Waals surface area contributed by atoms with Gasteiger partial charge in [-0.25, -0.2) is 22.2 Å². The van der Waals surface area contributed by atoms with Gasteiger partial charge in [0.1, 0.15) is 11.6 Å². The number of halogens is 2. The van der Waals surface area contributed by atoms with Crippen LogP contribution in [0.3, 0.4) is 0 Å². The lowest BCUT2D eigenvalue weighted by molar-refractivity contribution is 0.180. The normalized spacial score (nSPS) is 13.9. The van der Waals surface area contributed by atoms with Crippen LogP contribution in [-0.4, -0.2) is 28.6 Å². The second-order valence-electron chi connectivity index (χ2n) is 7.93. The Kier molecular flexibility index (Phi) is 4.97. The van der Waals surface area contributed by atoms with Gasteiger partial charge in [-0.3, -0.25) is 4.72 Å². The molecule has 10 heteroatoms. The lowest BCUT2D eigenvalue weighted by atomic mass is 9.98. The molecule has 3 aliphatic rings. The number of sulfonamides is 1. The number of ether oxygens (including phenoxy) is 1. The Morgan fingerprint density at radius 1 is 1.03 bits per heavy atom. The van der Waals surface area contributed by atoms with Crippen molar-refractivity contribution < 1.29 is 27.1 Å². The Morgan fingerprint density at radius 2 is 1.79 bits per heavy atom. The summed E-state index contributed by atoms with van der Waals surface area (Å²) in [6, 6.07) is 11.0. The molecule has 0 bridgehead atoms. The number of rotatable bonds is 6. The van der Waals surface area contributed by atoms with Crippen LogP contribution in [0.25, 0.3) is 22.5 Å². The SMILES string of the molecule is Cc1cc(-c2cc(NS(=O)(=O)C3CC3)ccc2Oc2ccc(F)cc2F)c2ccnc-2n1O. The fourth-order valence-corrected chi connectivity index (χ4v) is 5.02. The van der Waals surface area contributed by atoms with Gasteiger partial charge in [-0.2, -0.15) is 4.73 Å². The quantitative estimate of drug-likeness (QED) is 0.378. The molecule has 2 aliphatic heterocycles. The van der Waals surface area contributed by atoms with Crippen LogP contribution in [0.4, 0.5) is 14.5 Å². The van der Waals surface area contributed by atoms with Crippen LogP contribution >= 0.6 is 0 Å². The van der Waals surface area contributed by atoms with Crippen molar-refractivity contribution >= 4 is 15.7 Å². The molecule has 2 aromatic carbocycles. The highest BCUT2D eigenvalue weighted by Gasteiger charge is 2.36. The maximum Gasteiger partial charge on any atom is 0.235 e. The van der Waals surface area contributed by atoms with Crippen LogP contribution in [0.5, 0.6) is 11.5 Å². The maximum absolute atomic E-state index is 14.3. The molecule has 0 radical (unpaired) electrons. The third-order valence-electron chi connectivity index (χ3n) is 5.46. The molecule has 1 saturated carbocycles. The average molecular weight is 471 g/mol. The minimum Gasteiger partial charge on any atom is -0.454 e. The van der Waals surface area contributed by atoms with Gasteiger partial charge in [0, 0.05) is 29.1 Å². The Bertz CT molecular complexity index is 1450. The number of aryl methyl sites for hydroxylation is 1. The Balaban J connectivity index is 1.65. The van der Waals surface area contributed by atoms with E-state index in [2.05, 4.69) is 9.71 Å². The molecular formula is C23H19F2N3O4S. The van der Waals surface area contributed by atoms with Gasteiger partial charge in [-0.15, -0.1) is 0 Å². The first kappa shape index (κ1) is 21.2. The number of hydrogen-bond donors (Lipinski definition) is 2. The van der Waals surface area contributed by atoms with Crippen molar-refractivity contribution in [3.8, 4) is 34.0 Å². The summed E-state index contributed by atoms with van der Waals surface area (Å²) in [6.45, 7) is 1.68. The summed E-state index contributed by atoms with van der Waals surface area (Å²) in [6.07, 6.45) is 2.75. The second kappa shape index (κ2) is 7.73. The molecule has 2 heterocycles. The zero-order chi connectivity index (χ0) is 23.3. The molecule has 170 valence electrons. The standard InChI is InChI=1S/C23H19F2N3O4S/c1-13-10-18(17-8-9-26-23(17)28(13)29)19-12-15(27-33(30,31)16-4-5-16)3-7-21(19)32-22-6-2-14(24)11-20(22)25/h2-3,6-12,16,27,29H,4-5H2,1H3. The summed E-state index contributed by atoms with van der Waals surface area (Å²) < 4.78 is 61.9. The summed E-state index contributed by atoms with van der Waals surface area (Å²) in [4.78, 5) is 4.17. The molecule has 5 rings (SSSR count). The van der Waals surface area contributed by atoms with Crippen molar-refractivity contribution in [2.45, 2.75) is 25.0 Å². The highest BCUT2D eigenvalue weighted by atomic mass is 32.2. The van der Waals surface area contributed by atoms with Crippen LogP contribution < -0.4 is 9.46 Å². The van der Waals surface area contributed by atoms with Gasteiger partial charge in [-0.1, -0.05) is 0 Å². The largest absolute Gasteiger partial charge is 0.454 e. The van der Waals surface area contributed by atoms with E-state index in [1.54, 1.807) is 25.1 Å². The first-order chi connectivity index (χ1) is 15.7. The van der Waals surface area contributed by atoms with Gasteiger partial charge in [0.15, 0.2) is 17.4 Å². The summed E-state index contributed by atoms with van der Waals surface area (Å²) in [5, 5.41) is 9.89. The molecule has 0 spiro atoms. The van der Waals surface area contributed by atoms with Crippen molar-refractivity contribution in [3.05, 3.63) is 72.1 Å². The lowest BCUT2D eigenvalue weighted by Gasteiger charge is -2.18. The molecule has 0 atom stereocenters. The third kappa shape index (κ3) is 3.97. The number of fused-ring (bicyclic) bond motifs is 1. The molecule has 7 nitrogen and oxygen atoms in total. The second-order valence-corrected chi connectivity index (χ2v) is 9.89. The predicted octanol–water partition coefficient (Wildman–Crippen LogP) is 5.18. The number of anilines is 1. The van der Waals surface area contributed by atoms with Gasteiger partial charge < -0.3 is 9.94 Å². The van der Waals surface area contributed by atoms with E-state index in [4.69, 9.17) is 4.74 Å². The molecule has 0 unspecified atom stereocenters. The smallest absolute Gasteiger partial charge is 0.235 e. The van der Waals surface area contributed by atoms with Crippen LogP contribution in [-0.2, 0) is 10.0 Å². The highest BCUT2D eigenvalue weighted by molar-refractivity contribution is 7.93. The summed E-state index contributed by atoms with van der Waals surface area (Å²) in [5.74, 6) is -1.29. The zero-order valence-corrected chi connectivity index (χ0v) is 18.2. The van der Waals surface area contributed by atoms with Crippen molar-refractivity contribution in [3.63, 3.8) is 0 Å². The van der Waals surface area contributed by atoms with Gasteiger partial charge in [0.05, 0.1) is 10.9 Å². The predicted molar refractivity (Wildman–Crippen MR) is 118 cm³/mol. The summed E-state index contributed by atoms with van der Waals surface area (Å²) in [5.41, 5.74) is 2.40. The molecule has 2 aromatic rings. The summed E-state index contributed by atoms with van der Waals surface area (Å²) in [7, 11) is -3.52. The first-order valence-electron chi connectivity index (χ1n) is 10.2. The van der Waals surface area contributed by atoms with Crippen molar-refractivity contribution in [2.24, 2.45) is 0 Å². The van der Waals surface area contributed by atoms with Gasteiger partial charge in [0.2, 0.25) is 10.0 Å². The van der Waals surface area contributed by atoms with E-state index in [1.807, 2.05) is 0 Å². The number of nitrogens with one attached hydrogen (secondary N) is 1. The monoisotopic (exact) mass is 471 g/mol. The number of pyridine rings is 1. The van der Waals surface area contributed by atoms with Crippen LogP contribution in [0, 0.1) is 18.6 Å². The Labute approximate surface area is 188 Å². The Hall–Kier alpha value is -3.66. The first-order valence-corrected chi connectivity index (χ1v) is 11.7. The van der Waals surface area contributed by atoms with E-state index in [1.165, 1.54) is 24.4 Å². The van der Waals surface area contributed by atoms with E-state index in [9.17, 15) is 22.4 Å². The van der Waals surface area contributed by atoms with E-state index in [0.29, 0.717) is 52.8 Å². The van der Waals surface area contributed by atoms with E-state index >= 15 is 0 Å². The fraction of sp³-hybridized carbons (Fsp3) is 0.174. The van der Waals surface area contributed by atoms with Gasteiger partial charge >= 0.3 is 0 Å². The van der Waals surface area contributed by atoms with Gasteiger partial charge in [0.25, 0.3) is 0 Å². The van der Waals surface area contributed by atoms with E-state index in [-0.39, 0.29) is 11.5 Å². The van der Waals surface area contributed by atoms with Crippen molar-refractivity contribution in [2.75, 3.05) is 4.72 Å². The topological polar surface area (TPSA) is 93.5 Å². The average Bonchev–Trinajstić information content (AvgIpc) is 3.52. The van der Waals surface area contributed by atoms with Crippen LogP contribution in [0.15, 0.2) is 54.7 Å². The fourth-order valence-electron chi connectivity index (χ4n) is 3.64. The van der Waals surface area contributed by atoms with E-state index < -0.39 is 26.9 Å². The van der Waals surface area contributed by atoms with Crippen molar-refractivity contribution in [1.29, 1.82) is 0 Å². The third-order valence-corrected chi connectivity index (χ3v) is 7.33. The summed E-state index contributed by atoms with van der Waals surface area (Å²) >= 11 is 0.